The second-order valence-corrected chi connectivity index (χ2v) is 9.58. The van der Waals surface area contributed by atoms with Gasteiger partial charge in [-0.3, -0.25) is 14.4 Å². The van der Waals surface area contributed by atoms with E-state index < -0.39 is 41.5 Å². The molecule has 1 spiro atoms. The lowest BCUT2D eigenvalue weighted by Crippen LogP contribution is -2.54. The van der Waals surface area contributed by atoms with E-state index in [9.17, 15) is 19.5 Å². The van der Waals surface area contributed by atoms with E-state index in [0.29, 0.717) is 23.6 Å². The van der Waals surface area contributed by atoms with Gasteiger partial charge in [-0.25, -0.2) is 0 Å². The number of para-hydroxylation sites is 1. The number of hydrogen-bond donors (Lipinski definition) is 2. The van der Waals surface area contributed by atoms with E-state index in [4.69, 9.17) is 21.1 Å². The highest BCUT2D eigenvalue weighted by molar-refractivity contribution is 9.09. The minimum absolute atomic E-state index is 0.133. The van der Waals surface area contributed by atoms with Crippen molar-refractivity contribution in [1.82, 2.24) is 4.90 Å². The molecule has 10 heteroatoms. The lowest BCUT2D eigenvalue weighted by atomic mass is 9.70. The van der Waals surface area contributed by atoms with Crippen molar-refractivity contribution in [3.63, 3.8) is 0 Å². The average molecular weight is 516 g/mol. The molecule has 0 saturated carbocycles. The van der Waals surface area contributed by atoms with Crippen LogP contribution in [0.2, 0.25) is 5.02 Å². The minimum atomic E-state index is -1.16. The normalized spacial score (nSPS) is 33.5. The lowest BCUT2D eigenvalue weighted by molar-refractivity contribution is -0.154. The van der Waals surface area contributed by atoms with Gasteiger partial charge in [-0.15, -0.1) is 0 Å². The molecule has 3 unspecified atom stereocenters. The quantitative estimate of drug-likeness (QED) is 0.425. The summed E-state index contributed by atoms with van der Waals surface area (Å²) < 4.78 is 11.5. The summed E-state index contributed by atoms with van der Waals surface area (Å²) in [6, 6.07) is 5.86. The number of nitrogens with zero attached hydrogens (tertiary/aromatic N) is 1. The number of carbonyl (C=O) groups is 3. The molecule has 31 heavy (non-hydrogen) atoms. The summed E-state index contributed by atoms with van der Waals surface area (Å²) in [5.74, 6) is -2.86. The molecule has 2 bridgehead atoms. The van der Waals surface area contributed by atoms with E-state index in [-0.39, 0.29) is 30.5 Å². The Balaban J connectivity index is 1.72. The molecule has 3 fully saturated rings. The number of carbonyl (C=O) groups excluding carboxylic acids is 3. The van der Waals surface area contributed by atoms with Crippen molar-refractivity contribution in [2.75, 3.05) is 25.1 Å². The van der Waals surface area contributed by atoms with E-state index >= 15 is 0 Å². The first kappa shape index (κ1) is 22.5. The monoisotopic (exact) mass is 514 g/mol. The Bertz CT molecular complexity index is 900. The Morgan fingerprint density at radius 3 is 2.84 bits per heavy atom. The maximum atomic E-state index is 13.5. The Kier molecular flexibility index (Phi) is 6.31. The van der Waals surface area contributed by atoms with Crippen LogP contribution in [0.3, 0.4) is 0 Å². The summed E-state index contributed by atoms with van der Waals surface area (Å²) in [4.78, 5) is 40.9. The Morgan fingerprint density at radius 2 is 2.16 bits per heavy atom. The molecule has 168 valence electrons. The first-order valence-corrected chi connectivity index (χ1v) is 11.6. The number of hydrogen-bond acceptors (Lipinski definition) is 6. The third-order valence-electron chi connectivity index (χ3n) is 6.29. The van der Waals surface area contributed by atoms with E-state index in [2.05, 4.69) is 21.2 Å². The zero-order chi connectivity index (χ0) is 22.3. The fourth-order valence-electron chi connectivity index (χ4n) is 5.18. The van der Waals surface area contributed by atoms with Crippen LogP contribution in [0.5, 0.6) is 0 Å². The van der Waals surface area contributed by atoms with Gasteiger partial charge in [0.2, 0.25) is 11.8 Å². The van der Waals surface area contributed by atoms with Gasteiger partial charge in [-0.05, 0) is 31.9 Å². The molecule has 2 amide bonds. The first-order chi connectivity index (χ1) is 14.9. The van der Waals surface area contributed by atoms with Crippen LogP contribution in [0.4, 0.5) is 5.69 Å². The number of fused-ring (bicyclic) bond motifs is 1. The van der Waals surface area contributed by atoms with Gasteiger partial charge in [0.25, 0.3) is 0 Å². The van der Waals surface area contributed by atoms with Gasteiger partial charge < -0.3 is 24.8 Å². The van der Waals surface area contributed by atoms with E-state index in [1.165, 1.54) is 4.90 Å². The summed E-state index contributed by atoms with van der Waals surface area (Å²) in [5, 5.41) is 12.5. The number of amides is 2. The van der Waals surface area contributed by atoms with E-state index in [1.54, 1.807) is 31.2 Å². The summed E-state index contributed by atoms with van der Waals surface area (Å²) in [7, 11) is 0. The number of aliphatic hydroxyl groups excluding tert-OH is 1. The Morgan fingerprint density at radius 1 is 1.42 bits per heavy atom. The number of aliphatic hydroxyl groups is 1. The van der Waals surface area contributed by atoms with Gasteiger partial charge in [0, 0.05) is 18.0 Å². The van der Waals surface area contributed by atoms with Crippen molar-refractivity contribution in [2.24, 2.45) is 11.8 Å². The predicted octanol–water partition coefficient (Wildman–Crippen LogP) is 1.97. The van der Waals surface area contributed by atoms with Crippen molar-refractivity contribution in [3.8, 4) is 0 Å². The van der Waals surface area contributed by atoms with Crippen LogP contribution < -0.4 is 5.32 Å². The predicted molar refractivity (Wildman–Crippen MR) is 116 cm³/mol. The van der Waals surface area contributed by atoms with Gasteiger partial charge in [-0.2, -0.15) is 0 Å². The average Bonchev–Trinajstić information content (AvgIpc) is 3.32. The molecule has 3 aliphatic heterocycles. The number of likely N-dealkylation sites (tertiary alicyclic amines) is 1. The number of benzene rings is 1. The molecular weight excluding hydrogens is 492 g/mol. The van der Waals surface area contributed by atoms with Gasteiger partial charge in [0.05, 0.1) is 35.3 Å². The van der Waals surface area contributed by atoms with Crippen molar-refractivity contribution < 1.29 is 29.0 Å². The van der Waals surface area contributed by atoms with Crippen LogP contribution in [0, 0.1) is 11.8 Å². The number of esters is 1. The number of alkyl halides is 1. The standard InChI is InChI=1S/C21H24BrClN2O6/c1-2-30-20(29)14-15-19(28)25(8-5-9-26)17(21(15)10-11(22)16(14)31-21)18(27)24-13-7-4-3-6-12(13)23/h3-4,6-7,11,14-17,26H,2,5,8-10H2,1H3,(H,24,27)/t11?,14-,15-,16-,17?,21?/m0/s1. The number of nitrogens with one attached hydrogen (secondary N) is 1. The molecule has 4 rings (SSSR count). The number of anilines is 1. The molecule has 3 heterocycles. The zero-order valence-corrected chi connectivity index (χ0v) is 19.3. The molecule has 6 atom stereocenters. The zero-order valence-electron chi connectivity index (χ0n) is 16.9. The van der Waals surface area contributed by atoms with Gasteiger partial charge >= 0.3 is 5.97 Å². The van der Waals surface area contributed by atoms with Crippen LogP contribution in [-0.2, 0) is 23.9 Å². The maximum absolute atomic E-state index is 13.5. The summed E-state index contributed by atoms with van der Waals surface area (Å²) in [5.41, 5.74) is -0.734. The number of rotatable bonds is 7. The number of ether oxygens (including phenoxy) is 2. The maximum Gasteiger partial charge on any atom is 0.312 e. The second-order valence-electron chi connectivity index (χ2n) is 7.99. The summed E-state index contributed by atoms with van der Waals surface area (Å²) in [6.07, 6.45) is 0.152. The van der Waals surface area contributed by atoms with Crippen LogP contribution in [0.1, 0.15) is 19.8 Å². The highest BCUT2D eigenvalue weighted by atomic mass is 79.9. The molecule has 0 aromatic heterocycles. The highest BCUT2D eigenvalue weighted by Gasteiger charge is 2.76. The second kappa shape index (κ2) is 8.69. The first-order valence-electron chi connectivity index (χ1n) is 10.3. The molecule has 0 aliphatic carbocycles. The molecule has 2 N–H and O–H groups in total. The van der Waals surface area contributed by atoms with Crippen molar-refractivity contribution in [3.05, 3.63) is 29.3 Å². The van der Waals surface area contributed by atoms with Crippen LogP contribution >= 0.6 is 27.5 Å². The smallest absolute Gasteiger partial charge is 0.312 e. The molecule has 1 aromatic rings. The summed E-state index contributed by atoms with van der Waals surface area (Å²) >= 11 is 9.78. The van der Waals surface area contributed by atoms with Crippen LogP contribution in [0.25, 0.3) is 0 Å². The van der Waals surface area contributed by atoms with Gasteiger partial charge in [-0.1, -0.05) is 39.7 Å². The third kappa shape index (κ3) is 3.55. The highest BCUT2D eigenvalue weighted by Crippen LogP contribution is 2.60. The molecule has 8 nitrogen and oxygen atoms in total. The molecule has 0 radical (unpaired) electrons. The van der Waals surface area contributed by atoms with Crippen molar-refractivity contribution >= 4 is 51.0 Å². The SMILES string of the molecule is CCOC(=O)[C@H]1[C@H]2C(=O)N(CCCO)C(C(=O)Nc3ccccc3Cl)C23CC(Br)[C@@H]1O3. The molecule has 1 aromatic carbocycles. The van der Waals surface area contributed by atoms with E-state index in [0.717, 1.165) is 0 Å². The largest absolute Gasteiger partial charge is 0.466 e. The van der Waals surface area contributed by atoms with Crippen LogP contribution in [-0.4, -0.2) is 70.1 Å². The van der Waals surface area contributed by atoms with E-state index in [1.807, 2.05) is 0 Å². The molecular formula is C21H24BrClN2O6. The van der Waals surface area contributed by atoms with Crippen LogP contribution in [0.15, 0.2) is 24.3 Å². The van der Waals surface area contributed by atoms with Crippen molar-refractivity contribution in [2.45, 2.75) is 42.3 Å². The Hall–Kier alpha value is -1.68. The van der Waals surface area contributed by atoms with Crippen molar-refractivity contribution in [1.29, 1.82) is 0 Å². The topological polar surface area (TPSA) is 105 Å². The number of halogens is 2. The fraction of sp³-hybridized carbons (Fsp3) is 0.571. The molecule has 3 saturated heterocycles. The Labute approximate surface area is 193 Å². The third-order valence-corrected chi connectivity index (χ3v) is 7.46. The minimum Gasteiger partial charge on any atom is -0.466 e. The molecule has 3 aliphatic rings. The lowest BCUT2D eigenvalue weighted by Gasteiger charge is -2.34. The van der Waals surface area contributed by atoms with Gasteiger partial charge in [0.1, 0.15) is 11.6 Å². The fourth-order valence-corrected chi connectivity index (χ4v) is 6.31. The summed E-state index contributed by atoms with van der Waals surface area (Å²) in [6.45, 7) is 1.93. The van der Waals surface area contributed by atoms with Gasteiger partial charge in [0.15, 0.2) is 0 Å².